The lowest BCUT2D eigenvalue weighted by atomic mass is 10.1. The Hall–Kier alpha value is -2.61. The molecular weight excluding hydrogens is 404 g/mol. The Labute approximate surface area is 177 Å². The lowest BCUT2D eigenvalue weighted by Crippen LogP contribution is -2.33. The van der Waals surface area contributed by atoms with E-state index in [-0.39, 0.29) is 11.8 Å². The fourth-order valence-electron chi connectivity index (χ4n) is 3.16. The van der Waals surface area contributed by atoms with Gasteiger partial charge in [0.15, 0.2) is 0 Å². The van der Waals surface area contributed by atoms with Crippen molar-refractivity contribution in [3.8, 4) is 0 Å². The Morgan fingerprint density at radius 1 is 1.10 bits per heavy atom. The fourth-order valence-corrected chi connectivity index (χ4v) is 5.04. The van der Waals surface area contributed by atoms with E-state index in [4.69, 9.17) is 4.74 Å². The van der Waals surface area contributed by atoms with E-state index in [2.05, 4.69) is 5.32 Å². The molecule has 3 aromatic rings. The lowest BCUT2D eigenvalue weighted by Gasteiger charge is -2.23. The molecule has 5 nitrogen and oxygen atoms in total. The zero-order valence-corrected chi connectivity index (χ0v) is 17.7. The number of nitrogens with one attached hydrogen (secondary N) is 1. The zero-order chi connectivity index (χ0) is 20.4. The second kappa shape index (κ2) is 8.41. The molecule has 1 aliphatic rings. The van der Waals surface area contributed by atoms with E-state index in [0.717, 1.165) is 20.4 Å². The van der Waals surface area contributed by atoms with E-state index in [0.29, 0.717) is 29.3 Å². The summed E-state index contributed by atoms with van der Waals surface area (Å²) < 4.78 is 5.21. The number of amides is 2. The van der Waals surface area contributed by atoms with Crippen LogP contribution in [0.2, 0.25) is 0 Å². The molecule has 2 heterocycles. The van der Waals surface area contributed by atoms with Gasteiger partial charge in [-0.2, -0.15) is 0 Å². The number of anilines is 2. The van der Waals surface area contributed by atoms with Crippen LogP contribution in [0.3, 0.4) is 0 Å². The number of hydrogen-bond donors (Lipinski definition) is 1. The minimum absolute atomic E-state index is 0.0465. The van der Waals surface area contributed by atoms with Crippen LogP contribution in [0.5, 0.6) is 0 Å². The molecule has 4 rings (SSSR count). The molecule has 0 saturated carbocycles. The standard InChI is InChI=1S/C22H20N2O3S2/c1-14-7-10-19(28-14)21(25)23-15-8-9-17-20(13-15)29-18-6-4-3-5-16(18)22(26)24(17)11-12-27-2/h3-10,13H,11-12H2,1-2H3,(H,23,25). The molecule has 0 unspecified atom stereocenters. The van der Waals surface area contributed by atoms with Gasteiger partial charge in [0, 0.05) is 34.0 Å². The quantitative estimate of drug-likeness (QED) is 0.621. The largest absolute Gasteiger partial charge is 0.383 e. The highest BCUT2D eigenvalue weighted by Gasteiger charge is 2.27. The van der Waals surface area contributed by atoms with Crippen molar-refractivity contribution >= 4 is 46.3 Å². The summed E-state index contributed by atoms with van der Waals surface area (Å²) in [7, 11) is 1.62. The van der Waals surface area contributed by atoms with Gasteiger partial charge in [-0.15, -0.1) is 11.3 Å². The minimum Gasteiger partial charge on any atom is -0.383 e. The molecule has 0 bridgehead atoms. The van der Waals surface area contributed by atoms with Crippen molar-refractivity contribution in [2.75, 3.05) is 30.5 Å². The molecule has 1 aromatic heterocycles. The van der Waals surface area contributed by atoms with Crippen LogP contribution in [-0.4, -0.2) is 32.1 Å². The zero-order valence-electron chi connectivity index (χ0n) is 16.1. The number of methoxy groups -OCH3 is 1. The molecule has 0 spiro atoms. The maximum atomic E-state index is 13.1. The van der Waals surface area contributed by atoms with Crippen LogP contribution in [0.25, 0.3) is 0 Å². The van der Waals surface area contributed by atoms with Crippen molar-refractivity contribution in [2.24, 2.45) is 0 Å². The molecule has 0 radical (unpaired) electrons. The predicted octanol–water partition coefficient (Wildman–Crippen LogP) is 5.07. The Balaban J connectivity index is 1.69. The summed E-state index contributed by atoms with van der Waals surface area (Å²) in [6, 6.07) is 17.0. The molecule has 1 aliphatic heterocycles. The van der Waals surface area contributed by atoms with Crippen LogP contribution in [-0.2, 0) is 4.74 Å². The number of carbonyl (C=O) groups excluding carboxylic acids is 2. The van der Waals surface area contributed by atoms with Gasteiger partial charge in [-0.05, 0) is 49.4 Å². The summed E-state index contributed by atoms with van der Waals surface area (Å²) in [5, 5.41) is 2.97. The molecule has 1 N–H and O–H groups in total. The van der Waals surface area contributed by atoms with E-state index >= 15 is 0 Å². The molecule has 29 heavy (non-hydrogen) atoms. The minimum atomic E-state index is -0.130. The summed E-state index contributed by atoms with van der Waals surface area (Å²) >= 11 is 3.00. The monoisotopic (exact) mass is 424 g/mol. The van der Waals surface area contributed by atoms with E-state index in [1.54, 1.807) is 12.0 Å². The number of aryl methyl sites for hydroxylation is 1. The topological polar surface area (TPSA) is 58.6 Å². The summed E-state index contributed by atoms with van der Waals surface area (Å²) in [4.78, 5) is 31.0. The highest BCUT2D eigenvalue weighted by Crippen LogP contribution is 2.42. The number of nitrogens with zero attached hydrogens (tertiary/aromatic N) is 1. The van der Waals surface area contributed by atoms with Crippen LogP contribution in [0.15, 0.2) is 64.4 Å². The number of fused-ring (bicyclic) bond motifs is 2. The first-order valence-corrected chi connectivity index (χ1v) is 10.8. The number of thiophene rings is 1. The Bertz CT molecular complexity index is 1080. The number of rotatable bonds is 5. The first-order chi connectivity index (χ1) is 14.1. The van der Waals surface area contributed by atoms with E-state index < -0.39 is 0 Å². The van der Waals surface area contributed by atoms with Gasteiger partial charge in [-0.1, -0.05) is 23.9 Å². The van der Waals surface area contributed by atoms with E-state index in [1.165, 1.54) is 23.1 Å². The van der Waals surface area contributed by atoms with Gasteiger partial charge in [0.25, 0.3) is 11.8 Å². The second-order valence-corrected chi connectivity index (χ2v) is 8.97. The summed E-state index contributed by atoms with van der Waals surface area (Å²) in [6.07, 6.45) is 0. The van der Waals surface area contributed by atoms with Crippen LogP contribution < -0.4 is 10.2 Å². The molecule has 2 amide bonds. The van der Waals surface area contributed by atoms with Crippen molar-refractivity contribution in [3.63, 3.8) is 0 Å². The highest BCUT2D eigenvalue weighted by atomic mass is 32.2. The first kappa shape index (κ1) is 19.7. The molecular formula is C22H20N2O3S2. The van der Waals surface area contributed by atoms with Gasteiger partial charge in [-0.3, -0.25) is 9.59 Å². The molecule has 2 aromatic carbocycles. The van der Waals surface area contributed by atoms with Crippen molar-refractivity contribution in [1.29, 1.82) is 0 Å². The Morgan fingerprint density at radius 2 is 1.93 bits per heavy atom. The molecule has 0 aliphatic carbocycles. The van der Waals surface area contributed by atoms with E-state index in [1.807, 2.05) is 61.5 Å². The third-order valence-corrected chi connectivity index (χ3v) is 6.70. The second-order valence-electron chi connectivity index (χ2n) is 6.59. The summed E-state index contributed by atoms with van der Waals surface area (Å²) in [5.41, 5.74) is 2.19. The van der Waals surface area contributed by atoms with Gasteiger partial charge < -0.3 is 15.0 Å². The van der Waals surface area contributed by atoms with Crippen LogP contribution in [0, 0.1) is 6.92 Å². The number of benzene rings is 2. The summed E-state index contributed by atoms with van der Waals surface area (Å²) in [5.74, 6) is -0.177. The third kappa shape index (κ3) is 4.07. The number of hydrogen-bond acceptors (Lipinski definition) is 5. The SMILES string of the molecule is COCCN1C(=O)c2ccccc2Sc2cc(NC(=O)c3ccc(C)s3)ccc21. The molecule has 0 fully saturated rings. The van der Waals surface area contributed by atoms with Crippen LogP contribution in [0.1, 0.15) is 24.9 Å². The van der Waals surface area contributed by atoms with Gasteiger partial charge in [0.1, 0.15) is 0 Å². The number of ether oxygens (including phenoxy) is 1. The predicted molar refractivity (Wildman–Crippen MR) is 118 cm³/mol. The maximum absolute atomic E-state index is 13.1. The average molecular weight is 425 g/mol. The highest BCUT2D eigenvalue weighted by molar-refractivity contribution is 7.99. The van der Waals surface area contributed by atoms with Crippen molar-refractivity contribution < 1.29 is 14.3 Å². The fraction of sp³-hybridized carbons (Fsp3) is 0.182. The molecule has 0 atom stereocenters. The average Bonchev–Trinajstić information content (AvgIpc) is 3.11. The van der Waals surface area contributed by atoms with Crippen LogP contribution >= 0.6 is 23.1 Å². The van der Waals surface area contributed by atoms with Crippen LogP contribution in [0.4, 0.5) is 11.4 Å². The summed E-state index contributed by atoms with van der Waals surface area (Å²) in [6.45, 7) is 2.87. The smallest absolute Gasteiger partial charge is 0.265 e. The lowest BCUT2D eigenvalue weighted by molar-refractivity contribution is 0.0972. The van der Waals surface area contributed by atoms with Crippen molar-refractivity contribution in [2.45, 2.75) is 16.7 Å². The first-order valence-electron chi connectivity index (χ1n) is 9.16. The Kier molecular flexibility index (Phi) is 5.71. The van der Waals surface area contributed by atoms with Gasteiger partial charge in [-0.25, -0.2) is 0 Å². The third-order valence-electron chi connectivity index (χ3n) is 4.57. The molecule has 7 heteroatoms. The van der Waals surface area contributed by atoms with Gasteiger partial charge >= 0.3 is 0 Å². The molecule has 148 valence electrons. The number of carbonyl (C=O) groups is 2. The Morgan fingerprint density at radius 3 is 2.69 bits per heavy atom. The van der Waals surface area contributed by atoms with Gasteiger partial charge in [0.05, 0.1) is 22.7 Å². The van der Waals surface area contributed by atoms with E-state index in [9.17, 15) is 9.59 Å². The van der Waals surface area contributed by atoms with Crippen molar-refractivity contribution in [3.05, 3.63) is 69.9 Å². The van der Waals surface area contributed by atoms with Crippen molar-refractivity contribution in [1.82, 2.24) is 0 Å². The molecule has 0 saturated heterocycles. The maximum Gasteiger partial charge on any atom is 0.265 e. The van der Waals surface area contributed by atoms with Gasteiger partial charge in [0.2, 0.25) is 0 Å². The normalized spacial score (nSPS) is 12.9.